The molecule has 1 aliphatic rings. The Morgan fingerprint density at radius 2 is 2.29 bits per heavy atom. The summed E-state index contributed by atoms with van der Waals surface area (Å²) in [6.45, 7) is 7.71. The Bertz CT molecular complexity index is 711. The molecule has 2 aromatic heterocycles. The molecule has 1 N–H and O–H groups in total. The molecular formula is C16H23N5O2S. The molecule has 1 aliphatic heterocycles. The number of carbonyl (C=O) groups excluding carboxylic acids is 1. The van der Waals surface area contributed by atoms with Gasteiger partial charge in [0, 0.05) is 44.0 Å². The highest BCUT2D eigenvalue weighted by Crippen LogP contribution is 2.27. The van der Waals surface area contributed by atoms with Gasteiger partial charge in [0.2, 0.25) is 0 Å². The fraction of sp³-hybridized carbons (Fsp3) is 0.562. The summed E-state index contributed by atoms with van der Waals surface area (Å²) in [5.74, 6) is 0.787. The van der Waals surface area contributed by atoms with Crippen LogP contribution in [0.1, 0.15) is 40.0 Å². The van der Waals surface area contributed by atoms with Crippen LogP contribution in [0.4, 0.5) is 0 Å². The summed E-state index contributed by atoms with van der Waals surface area (Å²) in [5, 5.41) is 6.01. The molecule has 0 bridgehead atoms. The van der Waals surface area contributed by atoms with Crippen molar-refractivity contribution in [1.82, 2.24) is 24.8 Å². The molecule has 130 valence electrons. The monoisotopic (exact) mass is 349 g/mol. The summed E-state index contributed by atoms with van der Waals surface area (Å²) in [7, 11) is 1.61. The van der Waals surface area contributed by atoms with E-state index < -0.39 is 0 Å². The van der Waals surface area contributed by atoms with Gasteiger partial charge in [0.1, 0.15) is 16.5 Å². The van der Waals surface area contributed by atoms with Crippen molar-refractivity contribution in [2.24, 2.45) is 0 Å². The quantitative estimate of drug-likeness (QED) is 0.802. The minimum Gasteiger partial charge on any atom is -0.383 e. The third kappa shape index (κ3) is 3.66. The third-order valence-electron chi connectivity index (χ3n) is 4.19. The summed E-state index contributed by atoms with van der Waals surface area (Å²) in [6, 6.07) is 0.156. The number of fused-ring (bicyclic) bond motifs is 1. The van der Waals surface area contributed by atoms with Crippen molar-refractivity contribution in [3.63, 3.8) is 0 Å². The Hall–Kier alpha value is -1.77. The molecule has 0 aromatic carbocycles. The SMILES string of the molecule is COCCNC(=O)c1cn2c(n1)[C@H](C)N(Cc1nc(C)cs1)CC2. The number of nitrogens with one attached hydrogen (secondary N) is 1. The van der Waals surface area contributed by atoms with E-state index in [0.29, 0.717) is 18.8 Å². The van der Waals surface area contributed by atoms with Crippen LogP contribution in [0.2, 0.25) is 0 Å². The van der Waals surface area contributed by atoms with E-state index in [0.717, 1.165) is 36.2 Å². The number of hydrogen-bond acceptors (Lipinski definition) is 6. The number of imidazole rings is 1. The number of carbonyl (C=O) groups is 1. The third-order valence-corrected chi connectivity index (χ3v) is 5.14. The molecule has 1 atom stereocenters. The van der Waals surface area contributed by atoms with E-state index in [9.17, 15) is 4.79 Å². The highest BCUT2D eigenvalue weighted by Gasteiger charge is 2.28. The lowest BCUT2D eigenvalue weighted by molar-refractivity contribution is 0.0932. The van der Waals surface area contributed by atoms with Crippen LogP contribution in [0.3, 0.4) is 0 Å². The van der Waals surface area contributed by atoms with Crippen molar-refractivity contribution >= 4 is 17.2 Å². The molecule has 7 nitrogen and oxygen atoms in total. The van der Waals surface area contributed by atoms with Crippen LogP contribution in [0.25, 0.3) is 0 Å². The molecule has 0 saturated carbocycles. The van der Waals surface area contributed by atoms with Gasteiger partial charge in [0.25, 0.3) is 5.91 Å². The summed E-state index contributed by atoms with van der Waals surface area (Å²) < 4.78 is 7.03. The first-order chi connectivity index (χ1) is 11.6. The van der Waals surface area contributed by atoms with Crippen molar-refractivity contribution < 1.29 is 9.53 Å². The van der Waals surface area contributed by atoms with E-state index in [2.05, 4.69) is 37.1 Å². The van der Waals surface area contributed by atoms with Gasteiger partial charge in [0.15, 0.2) is 0 Å². The lowest BCUT2D eigenvalue weighted by Crippen LogP contribution is -2.36. The van der Waals surface area contributed by atoms with Crippen molar-refractivity contribution in [1.29, 1.82) is 0 Å². The number of aryl methyl sites for hydroxylation is 1. The molecule has 1 amide bonds. The van der Waals surface area contributed by atoms with E-state index in [1.165, 1.54) is 0 Å². The fourth-order valence-corrected chi connectivity index (χ4v) is 3.66. The van der Waals surface area contributed by atoms with Crippen molar-refractivity contribution in [3.05, 3.63) is 33.8 Å². The van der Waals surface area contributed by atoms with Crippen LogP contribution in [0.15, 0.2) is 11.6 Å². The first-order valence-corrected chi connectivity index (χ1v) is 8.95. The van der Waals surface area contributed by atoms with Crippen LogP contribution in [0, 0.1) is 6.92 Å². The number of ether oxygens (including phenoxy) is 1. The first kappa shape index (κ1) is 17.1. The number of hydrogen-bond donors (Lipinski definition) is 1. The van der Waals surface area contributed by atoms with Gasteiger partial charge in [-0.25, -0.2) is 9.97 Å². The van der Waals surface area contributed by atoms with Crippen LogP contribution >= 0.6 is 11.3 Å². The molecular weight excluding hydrogens is 326 g/mol. The highest BCUT2D eigenvalue weighted by atomic mass is 32.1. The number of methoxy groups -OCH3 is 1. The van der Waals surface area contributed by atoms with Gasteiger partial charge >= 0.3 is 0 Å². The Morgan fingerprint density at radius 3 is 3.00 bits per heavy atom. The number of thiazole rings is 1. The summed E-state index contributed by atoms with van der Waals surface area (Å²) in [5.41, 5.74) is 1.54. The van der Waals surface area contributed by atoms with Crippen LogP contribution < -0.4 is 5.32 Å². The molecule has 3 rings (SSSR count). The Balaban J connectivity index is 1.68. The minimum absolute atomic E-state index is 0.150. The molecule has 0 unspecified atom stereocenters. The molecule has 3 heterocycles. The molecule has 0 radical (unpaired) electrons. The number of aromatic nitrogens is 3. The molecule has 0 spiro atoms. The molecule has 0 saturated heterocycles. The molecule has 24 heavy (non-hydrogen) atoms. The summed E-state index contributed by atoms with van der Waals surface area (Å²) >= 11 is 1.69. The van der Waals surface area contributed by atoms with Gasteiger partial charge < -0.3 is 14.6 Å². The van der Waals surface area contributed by atoms with E-state index >= 15 is 0 Å². The maximum absolute atomic E-state index is 12.2. The van der Waals surface area contributed by atoms with Gasteiger partial charge in [-0.3, -0.25) is 9.69 Å². The van der Waals surface area contributed by atoms with Crippen LogP contribution in [0.5, 0.6) is 0 Å². The lowest BCUT2D eigenvalue weighted by atomic mass is 10.2. The van der Waals surface area contributed by atoms with E-state index in [-0.39, 0.29) is 11.9 Å². The smallest absolute Gasteiger partial charge is 0.271 e. The van der Waals surface area contributed by atoms with Gasteiger partial charge in [-0.15, -0.1) is 11.3 Å². The Kier molecular flexibility index (Phi) is 5.27. The van der Waals surface area contributed by atoms with Gasteiger partial charge in [-0.1, -0.05) is 0 Å². The van der Waals surface area contributed by atoms with E-state index in [1.807, 2.05) is 13.1 Å². The molecule has 8 heteroatoms. The standard InChI is InChI=1S/C16H23N5O2S/c1-11-10-24-14(18-11)9-20-5-6-21-8-13(19-15(21)12(20)2)16(22)17-4-7-23-3/h8,10,12H,4-7,9H2,1-3H3,(H,17,22)/t12-/m0/s1. The van der Waals surface area contributed by atoms with Crippen molar-refractivity contribution in [2.45, 2.75) is 33.0 Å². The minimum atomic E-state index is -0.150. The molecule has 0 aliphatic carbocycles. The summed E-state index contributed by atoms with van der Waals surface area (Å²) in [4.78, 5) is 23.6. The second-order valence-corrected chi connectivity index (χ2v) is 6.90. The topological polar surface area (TPSA) is 72.3 Å². The normalized spacial score (nSPS) is 17.7. The van der Waals surface area contributed by atoms with E-state index in [4.69, 9.17) is 4.74 Å². The second kappa shape index (κ2) is 7.42. The largest absolute Gasteiger partial charge is 0.383 e. The van der Waals surface area contributed by atoms with Gasteiger partial charge in [-0.2, -0.15) is 0 Å². The van der Waals surface area contributed by atoms with Gasteiger partial charge in [-0.05, 0) is 13.8 Å². The van der Waals surface area contributed by atoms with Crippen molar-refractivity contribution in [3.8, 4) is 0 Å². The van der Waals surface area contributed by atoms with Crippen LogP contribution in [-0.4, -0.2) is 52.1 Å². The Morgan fingerprint density at radius 1 is 1.46 bits per heavy atom. The predicted molar refractivity (Wildman–Crippen MR) is 92.1 cm³/mol. The number of nitrogens with zero attached hydrogens (tertiary/aromatic N) is 4. The zero-order chi connectivity index (χ0) is 17.1. The highest BCUT2D eigenvalue weighted by molar-refractivity contribution is 7.09. The fourth-order valence-electron chi connectivity index (χ4n) is 2.87. The first-order valence-electron chi connectivity index (χ1n) is 8.07. The Labute approximate surface area is 145 Å². The van der Waals surface area contributed by atoms with Crippen molar-refractivity contribution in [2.75, 3.05) is 26.8 Å². The number of amides is 1. The predicted octanol–water partition coefficient (Wildman–Crippen LogP) is 1.60. The second-order valence-electron chi connectivity index (χ2n) is 5.96. The number of rotatable bonds is 6. The maximum atomic E-state index is 12.2. The van der Waals surface area contributed by atoms with Crippen LogP contribution in [-0.2, 0) is 17.8 Å². The maximum Gasteiger partial charge on any atom is 0.271 e. The average molecular weight is 349 g/mol. The van der Waals surface area contributed by atoms with E-state index in [1.54, 1.807) is 18.4 Å². The zero-order valence-corrected chi connectivity index (χ0v) is 15.1. The zero-order valence-electron chi connectivity index (χ0n) is 14.3. The summed E-state index contributed by atoms with van der Waals surface area (Å²) in [6.07, 6.45) is 1.85. The van der Waals surface area contributed by atoms with Gasteiger partial charge in [0.05, 0.1) is 19.2 Å². The molecule has 2 aromatic rings. The average Bonchev–Trinajstić information content (AvgIpc) is 3.17. The molecule has 0 fully saturated rings. The lowest BCUT2D eigenvalue weighted by Gasteiger charge is -2.32.